The van der Waals surface area contributed by atoms with E-state index in [1.54, 1.807) is 23.2 Å². The zero-order valence-corrected chi connectivity index (χ0v) is 11.8. The van der Waals surface area contributed by atoms with E-state index in [-0.39, 0.29) is 0 Å². The fourth-order valence-electron chi connectivity index (χ4n) is 1.87. The first-order valence-corrected chi connectivity index (χ1v) is 7.15. The molecule has 0 aliphatic carbocycles. The van der Waals surface area contributed by atoms with Gasteiger partial charge in [-0.15, -0.1) is 0 Å². The number of rotatable bonds is 3. The Morgan fingerprint density at radius 2 is 2.41 bits per heavy atom. The monoisotopic (exact) mass is 288 g/mol. The normalized spacial score (nSPS) is 24.4. The second-order valence-electron chi connectivity index (χ2n) is 3.96. The van der Waals surface area contributed by atoms with E-state index in [4.69, 9.17) is 23.8 Å². The minimum atomic E-state index is -0.919. The lowest BCUT2D eigenvalue weighted by Crippen LogP contribution is -2.47. The lowest BCUT2D eigenvalue weighted by Gasteiger charge is -2.32. The Kier molecular flexibility index (Phi) is 3.92. The lowest BCUT2D eigenvalue weighted by molar-refractivity contribution is 0.0684. The summed E-state index contributed by atoms with van der Waals surface area (Å²) in [6.07, 6.45) is 3.13. The van der Waals surface area contributed by atoms with Crippen molar-refractivity contribution >= 4 is 45.7 Å². The summed E-state index contributed by atoms with van der Waals surface area (Å²) in [6, 6.07) is 3.53. The quantitative estimate of drug-likeness (QED) is 0.865. The predicted molar refractivity (Wildman–Crippen MR) is 76.6 cm³/mol. The van der Waals surface area contributed by atoms with E-state index in [1.165, 1.54) is 11.8 Å². The third kappa shape index (κ3) is 2.57. The van der Waals surface area contributed by atoms with Crippen molar-refractivity contribution < 1.29 is 5.11 Å². The van der Waals surface area contributed by atoms with Crippen LogP contribution in [0.15, 0.2) is 18.3 Å². The van der Waals surface area contributed by atoms with Gasteiger partial charge in [-0.3, -0.25) is 4.90 Å². The van der Waals surface area contributed by atoms with Gasteiger partial charge < -0.3 is 5.11 Å². The molecular formula is C11H13ClN2OS2. The molecule has 6 heteroatoms. The van der Waals surface area contributed by atoms with E-state index in [2.05, 4.69) is 4.98 Å². The minimum absolute atomic E-state index is 0.575. The van der Waals surface area contributed by atoms with Crippen LogP contribution < -0.4 is 4.90 Å². The van der Waals surface area contributed by atoms with Crippen LogP contribution in [-0.4, -0.2) is 25.9 Å². The Hall–Kier alpha value is -0.360. The molecule has 2 rings (SSSR count). The van der Waals surface area contributed by atoms with Gasteiger partial charge in [0.25, 0.3) is 0 Å². The van der Waals surface area contributed by atoms with Crippen LogP contribution in [0.2, 0.25) is 5.02 Å². The molecule has 0 radical (unpaired) electrons. The van der Waals surface area contributed by atoms with Crippen molar-refractivity contribution in [3.05, 3.63) is 23.4 Å². The van der Waals surface area contributed by atoms with Crippen molar-refractivity contribution in [1.82, 2.24) is 4.98 Å². The maximum Gasteiger partial charge on any atom is 0.154 e. The summed E-state index contributed by atoms with van der Waals surface area (Å²) in [6.45, 7) is 2.04. The molecule has 1 aliphatic rings. The SMILES string of the molecule is CCCC1(O)CSC(=S)N1c1ccc(Cl)cn1. The molecule has 1 fully saturated rings. The van der Waals surface area contributed by atoms with Gasteiger partial charge in [-0.2, -0.15) is 0 Å². The minimum Gasteiger partial charge on any atom is -0.370 e. The number of nitrogens with zero attached hydrogens (tertiary/aromatic N) is 2. The molecule has 0 saturated carbocycles. The van der Waals surface area contributed by atoms with Crippen LogP contribution >= 0.6 is 35.6 Å². The van der Waals surface area contributed by atoms with Crippen LogP contribution in [0.1, 0.15) is 19.8 Å². The molecule has 1 aromatic rings. The molecule has 1 atom stereocenters. The van der Waals surface area contributed by atoms with E-state index in [9.17, 15) is 5.11 Å². The van der Waals surface area contributed by atoms with Crippen LogP contribution in [0.3, 0.4) is 0 Å². The number of aromatic nitrogens is 1. The summed E-state index contributed by atoms with van der Waals surface area (Å²) in [4.78, 5) is 5.95. The maximum absolute atomic E-state index is 10.6. The van der Waals surface area contributed by atoms with Crippen LogP contribution in [-0.2, 0) is 0 Å². The fraction of sp³-hybridized carbons (Fsp3) is 0.455. The highest BCUT2D eigenvalue weighted by Gasteiger charge is 2.43. The van der Waals surface area contributed by atoms with Crippen molar-refractivity contribution in [2.45, 2.75) is 25.5 Å². The second kappa shape index (κ2) is 5.10. The van der Waals surface area contributed by atoms with Gasteiger partial charge in [0.1, 0.15) is 10.1 Å². The van der Waals surface area contributed by atoms with E-state index in [0.29, 0.717) is 27.3 Å². The first-order valence-electron chi connectivity index (χ1n) is 5.38. The van der Waals surface area contributed by atoms with Gasteiger partial charge >= 0.3 is 0 Å². The number of hydrogen-bond donors (Lipinski definition) is 1. The molecule has 0 bridgehead atoms. The summed E-state index contributed by atoms with van der Waals surface area (Å²) in [5, 5.41) is 11.2. The van der Waals surface area contributed by atoms with Gasteiger partial charge in [-0.05, 0) is 18.6 Å². The number of thioether (sulfide) groups is 1. The summed E-state index contributed by atoms with van der Waals surface area (Å²) in [7, 11) is 0. The number of halogens is 1. The summed E-state index contributed by atoms with van der Waals surface area (Å²) < 4.78 is 0.663. The molecule has 1 saturated heterocycles. The molecule has 2 heterocycles. The Morgan fingerprint density at radius 3 is 3.00 bits per heavy atom. The van der Waals surface area contributed by atoms with Crippen LogP contribution in [0.4, 0.5) is 5.82 Å². The van der Waals surface area contributed by atoms with Gasteiger partial charge in [0, 0.05) is 11.9 Å². The summed E-state index contributed by atoms with van der Waals surface area (Å²) in [5.74, 6) is 1.24. The molecule has 1 aromatic heterocycles. The summed E-state index contributed by atoms with van der Waals surface area (Å²) >= 11 is 12.6. The molecule has 3 nitrogen and oxygen atoms in total. The highest BCUT2D eigenvalue weighted by atomic mass is 35.5. The van der Waals surface area contributed by atoms with Crippen molar-refractivity contribution in [3.63, 3.8) is 0 Å². The Bertz CT molecular complexity index is 426. The smallest absolute Gasteiger partial charge is 0.154 e. The maximum atomic E-state index is 10.6. The Balaban J connectivity index is 2.33. The number of anilines is 1. The van der Waals surface area contributed by atoms with Crippen LogP contribution in [0.25, 0.3) is 0 Å². The van der Waals surface area contributed by atoms with Crippen LogP contribution in [0.5, 0.6) is 0 Å². The molecule has 17 heavy (non-hydrogen) atoms. The largest absolute Gasteiger partial charge is 0.370 e. The predicted octanol–water partition coefficient (Wildman–Crippen LogP) is 3.06. The molecule has 1 N–H and O–H groups in total. The van der Waals surface area contributed by atoms with Crippen molar-refractivity contribution in [2.24, 2.45) is 0 Å². The Labute approximate surface area is 115 Å². The third-order valence-electron chi connectivity index (χ3n) is 2.62. The van der Waals surface area contributed by atoms with E-state index in [1.807, 2.05) is 6.92 Å². The second-order valence-corrected chi connectivity index (χ2v) is 6.00. The molecule has 1 unspecified atom stereocenters. The number of thiocarbonyl (C=S) groups is 1. The van der Waals surface area contributed by atoms with Crippen molar-refractivity contribution in [1.29, 1.82) is 0 Å². The van der Waals surface area contributed by atoms with Gasteiger partial charge in [-0.1, -0.05) is 48.9 Å². The number of hydrogen-bond acceptors (Lipinski definition) is 4. The van der Waals surface area contributed by atoms with E-state index >= 15 is 0 Å². The molecule has 0 amide bonds. The van der Waals surface area contributed by atoms with Crippen molar-refractivity contribution in [3.8, 4) is 0 Å². The van der Waals surface area contributed by atoms with Gasteiger partial charge in [-0.25, -0.2) is 4.98 Å². The number of pyridine rings is 1. The molecule has 0 aromatic carbocycles. The molecular weight excluding hydrogens is 276 g/mol. The first-order chi connectivity index (χ1) is 8.07. The molecule has 1 aliphatic heterocycles. The zero-order chi connectivity index (χ0) is 12.5. The highest BCUT2D eigenvalue weighted by Crippen LogP contribution is 2.37. The first kappa shape index (κ1) is 13.1. The van der Waals surface area contributed by atoms with E-state index in [0.717, 1.165) is 6.42 Å². The topological polar surface area (TPSA) is 36.4 Å². The fourth-order valence-corrected chi connectivity index (χ4v) is 3.44. The molecule has 0 spiro atoms. The number of aliphatic hydroxyl groups is 1. The van der Waals surface area contributed by atoms with E-state index < -0.39 is 5.72 Å². The third-order valence-corrected chi connectivity index (χ3v) is 4.41. The molecule has 92 valence electrons. The lowest BCUT2D eigenvalue weighted by atomic mass is 10.1. The zero-order valence-electron chi connectivity index (χ0n) is 9.39. The average Bonchev–Trinajstić information content (AvgIpc) is 2.57. The highest BCUT2D eigenvalue weighted by molar-refractivity contribution is 8.23. The summed E-state index contributed by atoms with van der Waals surface area (Å²) in [5.41, 5.74) is -0.919. The van der Waals surface area contributed by atoms with Gasteiger partial charge in [0.05, 0.1) is 5.02 Å². The van der Waals surface area contributed by atoms with Crippen molar-refractivity contribution in [2.75, 3.05) is 10.7 Å². The van der Waals surface area contributed by atoms with Gasteiger partial charge in [0.2, 0.25) is 0 Å². The van der Waals surface area contributed by atoms with Gasteiger partial charge in [0.15, 0.2) is 5.72 Å². The standard InChI is InChI=1S/C11H13ClN2OS2/c1-2-5-11(15)7-17-10(16)14(11)9-4-3-8(12)6-13-9/h3-4,6,15H,2,5,7H2,1H3. The Morgan fingerprint density at radius 1 is 1.65 bits per heavy atom. The van der Waals surface area contributed by atoms with Crippen LogP contribution in [0, 0.1) is 0 Å². The average molecular weight is 289 g/mol.